The van der Waals surface area contributed by atoms with Gasteiger partial charge in [-0.2, -0.15) is 0 Å². The predicted molar refractivity (Wildman–Crippen MR) is 145 cm³/mol. The summed E-state index contributed by atoms with van der Waals surface area (Å²) in [6, 6.07) is 4.06. The van der Waals surface area contributed by atoms with Crippen molar-refractivity contribution in [2.75, 3.05) is 27.2 Å². The molecule has 1 aromatic rings. The number of pyridine rings is 1. The second-order valence-corrected chi connectivity index (χ2v) is 10.8. The Balaban J connectivity index is 2.01. The van der Waals surface area contributed by atoms with Gasteiger partial charge in [-0.05, 0) is 31.4 Å². The highest BCUT2D eigenvalue weighted by Crippen LogP contribution is 2.21. The van der Waals surface area contributed by atoms with Gasteiger partial charge in [-0.25, -0.2) is 0 Å². The topological polar surface area (TPSA) is 22.1 Å². The second kappa shape index (κ2) is 20.3. The molecular weight excluding hydrogens is 404 g/mol. The molecule has 0 radical (unpaired) electrons. The molecule has 1 aromatic heterocycles. The van der Waals surface area contributed by atoms with Gasteiger partial charge >= 0.3 is 0 Å². The number of unbranched alkanes of at least 4 members (excludes halogenated alkanes) is 16. The number of aromatic nitrogens is 1. The van der Waals surface area contributed by atoms with Crippen LogP contribution < -0.4 is 4.74 Å². The molecule has 33 heavy (non-hydrogen) atoms. The Morgan fingerprint density at radius 3 is 1.67 bits per heavy atom. The van der Waals surface area contributed by atoms with Crippen LogP contribution >= 0.6 is 0 Å². The molecule has 0 aromatic carbocycles. The minimum atomic E-state index is 0.793. The van der Waals surface area contributed by atoms with Crippen molar-refractivity contribution in [3.63, 3.8) is 0 Å². The van der Waals surface area contributed by atoms with Crippen LogP contribution in [0.5, 0.6) is 5.75 Å². The molecule has 3 heteroatoms. The standard InChI is InChI=1S/C30H57N2O/c1-5-7-9-10-11-12-13-14-15-16-17-18-19-20-21-22-26-32(3,4)28-29-30(24-23-25-31-29)33-27-8-6-2/h23-25H,5-22,26-28H2,1-4H3/q+1. The summed E-state index contributed by atoms with van der Waals surface area (Å²) in [5.74, 6) is 0.976. The zero-order chi connectivity index (χ0) is 24.0. The molecule has 0 N–H and O–H groups in total. The van der Waals surface area contributed by atoms with E-state index in [0.717, 1.165) is 41.9 Å². The van der Waals surface area contributed by atoms with Crippen LogP contribution in [0.4, 0.5) is 0 Å². The molecule has 0 atom stereocenters. The molecule has 0 fully saturated rings. The number of hydrogen-bond donors (Lipinski definition) is 0. The molecule has 0 aliphatic carbocycles. The molecule has 1 heterocycles. The van der Waals surface area contributed by atoms with Crippen molar-refractivity contribution in [2.45, 2.75) is 136 Å². The van der Waals surface area contributed by atoms with Gasteiger partial charge in [0.2, 0.25) is 0 Å². The first-order valence-electron chi connectivity index (χ1n) is 14.5. The van der Waals surface area contributed by atoms with Gasteiger partial charge in [-0.3, -0.25) is 4.98 Å². The molecule has 3 nitrogen and oxygen atoms in total. The Labute approximate surface area is 207 Å². The number of hydrogen-bond acceptors (Lipinski definition) is 2. The maximum atomic E-state index is 5.99. The molecule has 0 amide bonds. The van der Waals surface area contributed by atoms with Crippen LogP contribution in [-0.2, 0) is 6.54 Å². The van der Waals surface area contributed by atoms with Gasteiger partial charge in [0.1, 0.15) is 18.0 Å². The predicted octanol–water partition coefficient (Wildman–Crippen LogP) is 9.10. The smallest absolute Gasteiger partial charge is 0.146 e. The Hall–Kier alpha value is -1.09. The third kappa shape index (κ3) is 17.1. The van der Waals surface area contributed by atoms with Crippen LogP contribution in [0.1, 0.15) is 135 Å². The fourth-order valence-corrected chi connectivity index (χ4v) is 4.57. The molecule has 0 saturated carbocycles. The first-order chi connectivity index (χ1) is 16.1. The summed E-state index contributed by atoms with van der Waals surface area (Å²) >= 11 is 0. The molecular formula is C30H57N2O+. The maximum absolute atomic E-state index is 5.99. The molecule has 0 aliphatic rings. The fourth-order valence-electron chi connectivity index (χ4n) is 4.57. The van der Waals surface area contributed by atoms with E-state index in [1.807, 2.05) is 12.3 Å². The van der Waals surface area contributed by atoms with Crippen molar-refractivity contribution in [3.8, 4) is 5.75 Å². The molecule has 192 valence electrons. The highest BCUT2D eigenvalue weighted by atomic mass is 16.5. The zero-order valence-electron chi connectivity index (χ0n) is 22.9. The van der Waals surface area contributed by atoms with Crippen LogP contribution in [0.2, 0.25) is 0 Å². The lowest BCUT2D eigenvalue weighted by Crippen LogP contribution is -2.40. The highest BCUT2D eigenvalue weighted by Gasteiger charge is 2.19. The quantitative estimate of drug-likeness (QED) is 0.120. The van der Waals surface area contributed by atoms with Crippen LogP contribution in [0.3, 0.4) is 0 Å². The van der Waals surface area contributed by atoms with Gasteiger partial charge in [0.15, 0.2) is 0 Å². The minimum absolute atomic E-state index is 0.793. The lowest BCUT2D eigenvalue weighted by molar-refractivity contribution is -0.904. The monoisotopic (exact) mass is 461 g/mol. The van der Waals surface area contributed by atoms with Gasteiger partial charge in [0, 0.05) is 6.20 Å². The molecule has 0 bridgehead atoms. The van der Waals surface area contributed by atoms with Crippen LogP contribution in [0.25, 0.3) is 0 Å². The van der Waals surface area contributed by atoms with E-state index < -0.39 is 0 Å². The number of nitrogens with zero attached hydrogens (tertiary/aromatic N) is 2. The summed E-state index contributed by atoms with van der Waals surface area (Å²) in [6.45, 7) is 7.45. The van der Waals surface area contributed by atoms with E-state index in [-0.39, 0.29) is 0 Å². The van der Waals surface area contributed by atoms with E-state index in [4.69, 9.17) is 4.74 Å². The lowest BCUT2D eigenvalue weighted by atomic mass is 10.0. The van der Waals surface area contributed by atoms with E-state index in [0.29, 0.717) is 0 Å². The van der Waals surface area contributed by atoms with E-state index >= 15 is 0 Å². The van der Waals surface area contributed by atoms with E-state index in [9.17, 15) is 0 Å². The molecule has 1 rings (SSSR count). The van der Waals surface area contributed by atoms with Crippen molar-refractivity contribution < 1.29 is 9.22 Å². The number of ether oxygens (including phenoxy) is 1. The summed E-state index contributed by atoms with van der Waals surface area (Å²) in [6.07, 6.45) is 27.0. The molecule has 0 saturated heterocycles. The number of quaternary nitrogens is 1. The average molecular weight is 462 g/mol. The third-order valence-electron chi connectivity index (χ3n) is 6.80. The second-order valence-electron chi connectivity index (χ2n) is 10.8. The van der Waals surface area contributed by atoms with Gasteiger partial charge in [0.05, 0.1) is 27.2 Å². The SMILES string of the molecule is CCCCCCCCCCCCCCCCCC[N+](C)(C)Cc1ncccc1OCCCC. The zero-order valence-corrected chi connectivity index (χ0v) is 22.9. The van der Waals surface area contributed by atoms with Gasteiger partial charge in [-0.1, -0.05) is 110 Å². The van der Waals surface area contributed by atoms with E-state index in [1.54, 1.807) is 0 Å². The van der Waals surface area contributed by atoms with Crippen LogP contribution in [0, 0.1) is 0 Å². The Bertz CT molecular complexity index is 558. The third-order valence-corrected chi connectivity index (χ3v) is 6.80. The Morgan fingerprint density at radius 2 is 1.15 bits per heavy atom. The summed E-state index contributed by atoms with van der Waals surface area (Å²) < 4.78 is 6.97. The van der Waals surface area contributed by atoms with E-state index in [2.05, 4.69) is 39.0 Å². The minimum Gasteiger partial charge on any atom is -0.491 e. The fraction of sp³-hybridized carbons (Fsp3) is 0.833. The maximum Gasteiger partial charge on any atom is 0.146 e. The summed E-state index contributed by atoms with van der Waals surface area (Å²) in [5.41, 5.74) is 1.11. The average Bonchev–Trinajstić information content (AvgIpc) is 2.80. The van der Waals surface area contributed by atoms with Crippen molar-refractivity contribution >= 4 is 0 Å². The normalized spacial score (nSPS) is 11.8. The van der Waals surface area contributed by atoms with Crippen molar-refractivity contribution in [1.82, 2.24) is 4.98 Å². The number of rotatable bonds is 23. The van der Waals surface area contributed by atoms with Crippen LogP contribution in [-0.4, -0.2) is 36.7 Å². The van der Waals surface area contributed by atoms with Crippen molar-refractivity contribution in [3.05, 3.63) is 24.0 Å². The summed E-state index contributed by atoms with van der Waals surface area (Å²) in [5, 5.41) is 0. The van der Waals surface area contributed by atoms with Gasteiger partial charge < -0.3 is 9.22 Å². The van der Waals surface area contributed by atoms with Gasteiger partial charge in [-0.15, -0.1) is 0 Å². The lowest BCUT2D eigenvalue weighted by Gasteiger charge is -2.30. The molecule has 0 aliphatic heterocycles. The van der Waals surface area contributed by atoms with E-state index in [1.165, 1.54) is 109 Å². The summed E-state index contributed by atoms with van der Waals surface area (Å²) in [7, 11) is 4.66. The van der Waals surface area contributed by atoms with Crippen molar-refractivity contribution in [2.24, 2.45) is 0 Å². The summed E-state index contributed by atoms with van der Waals surface area (Å²) in [4.78, 5) is 4.63. The van der Waals surface area contributed by atoms with Crippen molar-refractivity contribution in [1.29, 1.82) is 0 Å². The first kappa shape index (κ1) is 29.9. The molecule has 0 spiro atoms. The largest absolute Gasteiger partial charge is 0.491 e. The van der Waals surface area contributed by atoms with Gasteiger partial charge in [0.25, 0.3) is 0 Å². The molecule has 0 unspecified atom stereocenters. The highest BCUT2D eigenvalue weighted by molar-refractivity contribution is 5.26. The first-order valence-corrected chi connectivity index (χ1v) is 14.5. The Kier molecular flexibility index (Phi) is 18.4. The van der Waals surface area contributed by atoms with Crippen LogP contribution in [0.15, 0.2) is 18.3 Å². The Morgan fingerprint density at radius 1 is 0.667 bits per heavy atom.